The van der Waals surface area contributed by atoms with Crippen molar-refractivity contribution in [3.63, 3.8) is 0 Å². The fraction of sp³-hybridized carbons (Fsp3) is 0.375. The van der Waals surface area contributed by atoms with Crippen molar-refractivity contribution in [1.29, 1.82) is 5.26 Å². The Morgan fingerprint density at radius 3 is 3.09 bits per heavy atom. The molecule has 110 valence electrons. The van der Waals surface area contributed by atoms with Crippen LogP contribution in [0.1, 0.15) is 31.7 Å². The summed E-state index contributed by atoms with van der Waals surface area (Å²) < 4.78 is 1.96. The zero-order valence-electron chi connectivity index (χ0n) is 12.1. The number of aromatic amines is 1. The highest BCUT2D eigenvalue weighted by Crippen LogP contribution is 2.38. The van der Waals surface area contributed by atoms with Crippen molar-refractivity contribution < 1.29 is 0 Å². The smallest absolute Gasteiger partial charge is 0.160 e. The van der Waals surface area contributed by atoms with E-state index in [9.17, 15) is 0 Å². The molecule has 6 heteroatoms. The summed E-state index contributed by atoms with van der Waals surface area (Å²) in [6, 6.07) is 4.48. The van der Waals surface area contributed by atoms with E-state index in [0.717, 1.165) is 22.2 Å². The second kappa shape index (κ2) is 5.26. The number of nitriles is 1. The van der Waals surface area contributed by atoms with Gasteiger partial charge in [-0.05, 0) is 24.8 Å². The molecule has 3 heterocycles. The molecule has 0 amide bonds. The molecule has 1 aliphatic carbocycles. The zero-order chi connectivity index (χ0) is 14.9. The molecular weight excluding hydrogens is 276 g/mol. The van der Waals surface area contributed by atoms with Crippen molar-refractivity contribution in [2.45, 2.75) is 31.7 Å². The molecule has 4 rings (SSSR count). The first-order valence-electron chi connectivity index (χ1n) is 7.57. The summed E-state index contributed by atoms with van der Waals surface area (Å²) in [5.41, 5.74) is 2.81. The number of H-pyrrole nitrogens is 1. The van der Waals surface area contributed by atoms with E-state index in [0.29, 0.717) is 12.3 Å². The number of rotatable bonds is 4. The fourth-order valence-corrected chi connectivity index (χ4v) is 3.16. The van der Waals surface area contributed by atoms with Crippen LogP contribution in [0.3, 0.4) is 0 Å². The number of hydrogen-bond donors (Lipinski definition) is 1. The van der Waals surface area contributed by atoms with Gasteiger partial charge in [0.25, 0.3) is 0 Å². The van der Waals surface area contributed by atoms with Crippen LogP contribution in [0.4, 0.5) is 0 Å². The SMILES string of the molecule is N#CC[C@@H](C1CCC1)n1cc(-c2cnnc3[nH]ccc23)cn1. The Balaban J connectivity index is 1.71. The molecule has 6 nitrogen and oxygen atoms in total. The van der Waals surface area contributed by atoms with Crippen molar-refractivity contribution in [3.8, 4) is 17.2 Å². The molecule has 0 aromatic carbocycles. The quantitative estimate of drug-likeness (QED) is 0.801. The summed E-state index contributed by atoms with van der Waals surface area (Å²) >= 11 is 0. The Bertz CT molecular complexity index is 836. The maximum absolute atomic E-state index is 9.09. The Morgan fingerprint density at radius 2 is 2.32 bits per heavy atom. The molecule has 0 spiro atoms. The molecule has 1 saturated carbocycles. The predicted octanol–water partition coefficient (Wildman–Crippen LogP) is 3.08. The van der Waals surface area contributed by atoms with Crippen LogP contribution < -0.4 is 0 Å². The Kier molecular flexibility index (Phi) is 3.11. The standard InChI is InChI=1S/C16H16N6/c17-6-4-15(11-2-1-3-11)22-10-12(8-20-22)14-9-19-21-16-13(14)5-7-18-16/h5,7-11,15H,1-4H2,(H,18,21)/t15-/m0/s1. The van der Waals surface area contributed by atoms with E-state index < -0.39 is 0 Å². The monoisotopic (exact) mass is 292 g/mol. The normalized spacial score (nSPS) is 16.3. The number of nitrogens with zero attached hydrogens (tertiary/aromatic N) is 5. The molecule has 1 atom stereocenters. The van der Waals surface area contributed by atoms with Crippen LogP contribution >= 0.6 is 0 Å². The van der Waals surface area contributed by atoms with Gasteiger partial charge < -0.3 is 4.98 Å². The highest BCUT2D eigenvalue weighted by molar-refractivity contribution is 5.91. The lowest BCUT2D eigenvalue weighted by atomic mass is 9.79. The number of fused-ring (bicyclic) bond motifs is 1. The van der Waals surface area contributed by atoms with Crippen LogP contribution in [0, 0.1) is 17.2 Å². The second-order valence-electron chi connectivity index (χ2n) is 5.83. The first-order valence-corrected chi connectivity index (χ1v) is 7.57. The van der Waals surface area contributed by atoms with Crippen molar-refractivity contribution in [1.82, 2.24) is 25.0 Å². The minimum atomic E-state index is 0.184. The molecule has 0 aliphatic heterocycles. The van der Waals surface area contributed by atoms with Gasteiger partial charge in [-0.2, -0.15) is 15.5 Å². The Labute approximate surface area is 127 Å². The highest BCUT2D eigenvalue weighted by atomic mass is 15.3. The van der Waals surface area contributed by atoms with Crippen LogP contribution in [0.5, 0.6) is 0 Å². The van der Waals surface area contributed by atoms with E-state index in [1.807, 2.05) is 29.3 Å². The van der Waals surface area contributed by atoms with Gasteiger partial charge >= 0.3 is 0 Å². The molecule has 0 radical (unpaired) electrons. The van der Waals surface area contributed by atoms with E-state index in [4.69, 9.17) is 5.26 Å². The Hall–Kier alpha value is -2.68. The van der Waals surface area contributed by atoms with E-state index in [1.165, 1.54) is 19.3 Å². The van der Waals surface area contributed by atoms with Crippen LogP contribution in [-0.2, 0) is 0 Å². The summed E-state index contributed by atoms with van der Waals surface area (Å²) in [5.74, 6) is 0.579. The van der Waals surface area contributed by atoms with Crippen LogP contribution in [0.25, 0.3) is 22.2 Å². The summed E-state index contributed by atoms with van der Waals surface area (Å²) in [5, 5.41) is 22.8. The van der Waals surface area contributed by atoms with Gasteiger partial charge in [0.05, 0.1) is 30.9 Å². The zero-order valence-corrected chi connectivity index (χ0v) is 12.1. The first kappa shape index (κ1) is 13.0. The molecular formula is C16H16N6. The van der Waals surface area contributed by atoms with Gasteiger partial charge in [0.2, 0.25) is 0 Å². The molecule has 0 unspecified atom stereocenters. The summed E-state index contributed by atoms with van der Waals surface area (Å²) in [4.78, 5) is 3.07. The average molecular weight is 292 g/mol. The molecule has 1 fully saturated rings. The number of hydrogen-bond acceptors (Lipinski definition) is 4. The van der Waals surface area contributed by atoms with E-state index in [2.05, 4.69) is 26.3 Å². The third kappa shape index (κ3) is 2.06. The van der Waals surface area contributed by atoms with Crippen LogP contribution in [0.15, 0.2) is 30.9 Å². The maximum Gasteiger partial charge on any atom is 0.160 e. The lowest BCUT2D eigenvalue weighted by Crippen LogP contribution is -2.25. The largest absolute Gasteiger partial charge is 0.345 e. The van der Waals surface area contributed by atoms with E-state index in [-0.39, 0.29) is 6.04 Å². The van der Waals surface area contributed by atoms with Crippen molar-refractivity contribution >= 4 is 11.0 Å². The molecule has 0 bridgehead atoms. The summed E-state index contributed by atoms with van der Waals surface area (Å²) in [6.07, 6.45) is 11.7. The van der Waals surface area contributed by atoms with Gasteiger partial charge in [0.1, 0.15) is 0 Å². The topological polar surface area (TPSA) is 83.2 Å². The number of aromatic nitrogens is 5. The van der Waals surface area contributed by atoms with E-state index in [1.54, 1.807) is 6.20 Å². The highest BCUT2D eigenvalue weighted by Gasteiger charge is 2.29. The second-order valence-corrected chi connectivity index (χ2v) is 5.83. The van der Waals surface area contributed by atoms with Gasteiger partial charge in [-0.15, -0.1) is 5.10 Å². The lowest BCUT2D eigenvalue weighted by molar-refractivity contribution is 0.199. The summed E-state index contributed by atoms with van der Waals surface area (Å²) in [6.45, 7) is 0. The third-order valence-corrected chi connectivity index (χ3v) is 4.61. The average Bonchev–Trinajstić information content (AvgIpc) is 3.13. The lowest BCUT2D eigenvalue weighted by Gasteiger charge is -2.32. The van der Waals surface area contributed by atoms with E-state index >= 15 is 0 Å². The van der Waals surface area contributed by atoms with Crippen molar-refractivity contribution in [3.05, 3.63) is 30.9 Å². The minimum absolute atomic E-state index is 0.184. The molecule has 1 aliphatic rings. The molecule has 22 heavy (non-hydrogen) atoms. The summed E-state index contributed by atoms with van der Waals surface area (Å²) in [7, 11) is 0. The first-order chi connectivity index (χ1) is 10.9. The van der Waals surface area contributed by atoms with Gasteiger partial charge in [-0.3, -0.25) is 4.68 Å². The predicted molar refractivity (Wildman–Crippen MR) is 81.7 cm³/mol. The minimum Gasteiger partial charge on any atom is -0.345 e. The van der Waals surface area contributed by atoms with Gasteiger partial charge in [-0.1, -0.05) is 6.42 Å². The Morgan fingerprint density at radius 1 is 1.41 bits per heavy atom. The fourth-order valence-electron chi connectivity index (χ4n) is 3.16. The van der Waals surface area contributed by atoms with Crippen LogP contribution in [0.2, 0.25) is 0 Å². The molecule has 3 aromatic heterocycles. The molecule has 1 N–H and O–H groups in total. The number of nitrogens with one attached hydrogen (secondary N) is 1. The van der Waals surface area contributed by atoms with Gasteiger partial charge in [0.15, 0.2) is 5.65 Å². The molecule has 3 aromatic rings. The maximum atomic E-state index is 9.09. The van der Waals surface area contributed by atoms with Crippen molar-refractivity contribution in [2.24, 2.45) is 5.92 Å². The molecule has 0 saturated heterocycles. The van der Waals surface area contributed by atoms with Crippen molar-refractivity contribution in [2.75, 3.05) is 0 Å². The van der Waals surface area contributed by atoms with Gasteiger partial charge in [0, 0.05) is 28.9 Å². The van der Waals surface area contributed by atoms with Gasteiger partial charge in [-0.25, -0.2) is 0 Å². The third-order valence-electron chi connectivity index (χ3n) is 4.61. The van der Waals surface area contributed by atoms with Crippen LogP contribution in [-0.4, -0.2) is 25.0 Å².